The monoisotopic (exact) mass is 334 g/mol. The second-order valence-corrected chi connectivity index (χ2v) is 5.29. The first kappa shape index (κ1) is 16.4. The van der Waals surface area contributed by atoms with Crippen molar-refractivity contribution in [2.45, 2.75) is 6.54 Å². The maximum atomic E-state index is 12.3. The van der Waals surface area contributed by atoms with Gasteiger partial charge in [0.15, 0.2) is 0 Å². The van der Waals surface area contributed by atoms with Gasteiger partial charge in [-0.3, -0.25) is 14.8 Å². The summed E-state index contributed by atoms with van der Waals surface area (Å²) in [5, 5.41) is 6.05. The molecule has 0 fully saturated rings. The molecule has 0 spiro atoms. The number of pyridine rings is 2. The SMILES string of the molecule is COc1ccccc1Nc1cncc(C(=O)NCc2ccccn2)c1. The van der Waals surface area contributed by atoms with Gasteiger partial charge in [0.05, 0.1) is 42.5 Å². The largest absolute Gasteiger partial charge is 0.495 e. The highest BCUT2D eigenvalue weighted by atomic mass is 16.5. The lowest BCUT2D eigenvalue weighted by Crippen LogP contribution is -2.23. The Hall–Kier alpha value is -3.41. The van der Waals surface area contributed by atoms with E-state index in [2.05, 4.69) is 20.6 Å². The van der Waals surface area contributed by atoms with Crippen molar-refractivity contribution in [1.29, 1.82) is 0 Å². The summed E-state index contributed by atoms with van der Waals surface area (Å²) in [7, 11) is 1.61. The summed E-state index contributed by atoms with van der Waals surface area (Å²) in [5.41, 5.74) is 2.77. The number of methoxy groups -OCH3 is 1. The van der Waals surface area contributed by atoms with E-state index in [-0.39, 0.29) is 5.91 Å². The molecule has 0 aliphatic carbocycles. The van der Waals surface area contributed by atoms with E-state index in [9.17, 15) is 4.79 Å². The molecule has 1 amide bonds. The zero-order chi connectivity index (χ0) is 17.5. The molecule has 6 heteroatoms. The Balaban J connectivity index is 1.69. The van der Waals surface area contributed by atoms with Crippen molar-refractivity contribution in [3.63, 3.8) is 0 Å². The van der Waals surface area contributed by atoms with E-state index in [1.54, 1.807) is 25.6 Å². The predicted molar refractivity (Wildman–Crippen MR) is 95.9 cm³/mol. The molecule has 3 aromatic rings. The van der Waals surface area contributed by atoms with Crippen LogP contribution < -0.4 is 15.4 Å². The first-order valence-electron chi connectivity index (χ1n) is 7.79. The molecule has 0 aliphatic rings. The molecule has 126 valence electrons. The van der Waals surface area contributed by atoms with Gasteiger partial charge < -0.3 is 15.4 Å². The van der Waals surface area contributed by atoms with Gasteiger partial charge in [-0.05, 0) is 30.3 Å². The first-order chi connectivity index (χ1) is 12.3. The highest BCUT2D eigenvalue weighted by Crippen LogP contribution is 2.26. The maximum Gasteiger partial charge on any atom is 0.253 e. The molecule has 2 aromatic heterocycles. The lowest BCUT2D eigenvalue weighted by Gasteiger charge is -2.11. The number of para-hydroxylation sites is 2. The first-order valence-corrected chi connectivity index (χ1v) is 7.79. The standard InChI is InChI=1S/C19H18N4O2/c1-25-18-8-3-2-7-17(18)23-16-10-14(11-20-12-16)19(24)22-13-15-6-4-5-9-21-15/h2-12,23H,13H2,1H3,(H,22,24). The molecule has 1 aromatic carbocycles. The van der Waals surface area contributed by atoms with Gasteiger partial charge in [0.1, 0.15) is 5.75 Å². The van der Waals surface area contributed by atoms with E-state index in [4.69, 9.17) is 4.74 Å². The highest BCUT2D eigenvalue weighted by Gasteiger charge is 2.08. The number of nitrogens with one attached hydrogen (secondary N) is 2. The Morgan fingerprint density at radius 3 is 2.76 bits per heavy atom. The van der Waals surface area contributed by atoms with Crippen LogP contribution in [-0.2, 0) is 6.54 Å². The quantitative estimate of drug-likeness (QED) is 0.724. The van der Waals surface area contributed by atoms with E-state index in [0.29, 0.717) is 23.5 Å². The zero-order valence-corrected chi connectivity index (χ0v) is 13.8. The van der Waals surface area contributed by atoms with Crippen LogP contribution >= 0.6 is 0 Å². The number of carbonyl (C=O) groups excluding carboxylic acids is 1. The molecule has 0 radical (unpaired) electrons. The minimum Gasteiger partial charge on any atom is -0.495 e. The summed E-state index contributed by atoms with van der Waals surface area (Å²) < 4.78 is 5.31. The lowest BCUT2D eigenvalue weighted by molar-refractivity contribution is 0.0950. The molecule has 2 N–H and O–H groups in total. The number of amides is 1. The van der Waals surface area contributed by atoms with Crippen molar-refractivity contribution in [3.05, 3.63) is 78.4 Å². The third-order valence-corrected chi connectivity index (χ3v) is 3.54. The highest BCUT2D eigenvalue weighted by molar-refractivity contribution is 5.94. The summed E-state index contributed by atoms with van der Waals surface area (Å²) >= 11 is 0. The minimum absolute atomic E-state index is 0.207. The average molecular weight is 334 g/mol. The number of hydrogen-bond donors (Lipinski definition) is 2. The van der Waals surface area contributed by atoms with Crippen molar-refractivity contribution in [2.24, 2.45) is 0 Å². The van der Waals surface area contributed by atoms with Crippen molar-refractivity contribution in [1.82, 2.24) is 15.3 Å². The Morgan fingerprint density at radius 1 is 1.12 bits per heavy atom. The number of aromatic nitrogens is 2. The minimum atomic E-state index is -0.207. The van der Waals surface area contributed by atoms with Gasteiger partial charge in [0.2, 0.25) is 0 Å². The van der Waals surface area contributed by atoms with Gasteiger partial charge in [0.25, 0.3) is 5.91 Å². The molecular formula is C19H18N4O2. The van der Waals surface area contributed by atoms with Crippen molar-refractivity contribution in [3.8, 4) is 5.75 Å². The van der Waals surface area contributed by atoms with Crippen molar-refractivity contribution < 1.29 is 9.53 Å². The van der Waals surface area contributed by atoms with Crippen LogP contribution in [0.15, 0.2) is 67.1 Å². The van der Waals surface area contributed by atoms with Crippen LogP contribution in [0.25, 0.3) is 0 Å². The van der Waals surface area contributed by atoms with Crippen molar-refractivity contribution in [2.75, 3.05) is 12.4 Å². The molecular weight excluding hydrogens is 316 g/mol. The Morgan fingerprint density at radius 2 is 1.96 bits per heavy atom. The summed E-state index contributed by atoms with van der Waals surface area (Å²) in [5.74, 6) is 0.509. The fourth-order valence-electron chi connectivity index (χ4n) is 2.31. The second-order valence-electron chi connectivity index (χ2n) is 5.29. The molecule has 0 saturated heterocycles. The Kier molecular flexibility index (Phi) is 5.21. The normalized spacial score (nSPS) is 10.1. The van der Waals surface area contributed by atoms with Gasteiger partial charge in [-0.25, -0.2) is 0 Å². The molecule has 0 aliphatic heterocycles. The number of benzene rings is 1. The van der Waals surface area contributed by atoms with Gasteiger partial charge >= 0.3 is 0 Å². The average Bonchev–Trinajstić information content (AvgIpc) is 2.67. The lowest BCUT2D eigenvalue weighted by atomic mass is 10.2. The molecule has 0 saturated carbocycles. The second kappa shape index (κ2) is 7.92. The molecule has 0 bridgehead atoms. The van der Waals surface area contributed by atoms with Gasteiger partial charge in [-0.15, -0.1) is 0 Å². The molecule has 2 heterocycles. The van der Waals surface area contributed by atoms with Gasteiger partial charge in [-0.2, -0.15) is 0 Å². The van der Waals surface area contributed by atoms with Crippen LogP contribution in [0.1, 0.15) is 16.1 Å². The Bertz CT molecular complexity index is 853. The van der Waals surface area contributed by atoms with Crippen LogP contribution in [0.3, 0.4) is 0 Å². The maximum absolute atomic E-state index is 12.3. The summed E-state index contributed by atoms with van der Waals surface area (Å²) in [6, 6.07) is 14.9. The van der Waals surface area contributed by atoms with Crippen LogP contribution in [0.4, 0.5) is 11.4 Å². The number of rotatable bonds is 6. The van der Waals surface area contributed by atoms with Crippen LogP contribution in [-0.4, -0.2) is 23.0 Å². The molecule has 0 atom stereocenters. The number of hydrogen-bond acceptors (Lipinski definition) is 5. The molecule has 25 heavy (non-hydrogen) atoms. The number of anilines is 2. The third-order valence-electron chi connectivity index (χ3n) is 3.54. The molecule has 6 nitrogen and oxygen atoms in total. The molecule has 0 unspecified atom stereocenters. The number of nitrogens with zero attached hydrogens (tertiary/aromatic N) is 2. The summed E-state index contributed by atoms with van der Waals surface area (Å²) in [6.07, 6.45) is 4.88. The van der Waals surface area contributed by atoms with Crippen LogP contribution in [0.2, 0.25) is 0 Å². The Labute approximate surface area is 145 Å². The van der Waals surface area contributed by atoms with E-state index < -0.39 is 0 Å². The number of carbonyl (C=O) groups is 1. The number of ether oxygens (including phenoxy) is 1. The third kappa shape index (κ3) is 4.32. The van der Waals surface area contributed by atoms with E-state index >= 15 is 0 Å². The van der Waals surface area contributed by atoms with E-state index in [0.717, 1.165) is 11.4 Å². The van der Waals surface area contributed by atoms with Gasteiger partial charge in [-0.1, -0.05) is 18.2 Å². The molecule has 3 rings (SSSR count). The van der Waals surface area contributed by atoms with Crippen molar-refractivity contribution >= 4 is 17.3 Å². The zero-order valence-electron chi connectivity index (χ0n) is 13.8. The summed E-state index contributed by atoms with van der Waals surface area (Å²) in [6.45, 7) is 0.365. The fraction of sp³-hybridized carbons (Fsp3) is 0.105. The topological polar surface area (TPSA) is 76.1 Å². The van der Waals surface area contributed by atoms with Gasteiger partial charge in [0, 0.05) is 12.4 Å². The van der Waals surface area contributed by atoms with E-state index in [1.165, 1.54) is 6.20 Å². The summed E-state index contributed by atoms with van der Waals surface area (Å²) in [4.78, 5) is 20.6. The fourth-order valence-corrected chi connectivity index (χ4v) is 2.31. The smallest absolute Gasteiger partial charge is 0.253 e. The van der Waals surface area contributed by atoms with E-state index in [1.807, 2.05) is 42.5 Å². The van der Waals surface area contributed by atoms with Crippen LogP contribution in [0, 0.1) is 0 Å². The van der Waals surface area contributed by atoms with Crippen LogP contribution in [0.5, 0.6) is 5.75 Å². The predicted octanol–water partition coefficient (Wildman–Crippen LogP) is 3.16.